The molecule has 5 aromatic rings. The van der Waals surface area contributed by atoms with E-state index in [-0.39, 0.29) is 11.1 Å². The fourth-order valence-corrected chi connectivity index (χ4v) is 3.46. The molecule has 0 fully saturated rings. The molecule has 3 heterocycles. The predicted molar refractivity (Wildman–Crippen MR) is 106 cm³/mol. The Morgan fingerprint density at radius 2 is 1.86 bits per heavy atom. The summed E-state index contributed by atoms with van der Waals surface area (Å²) in [7, 11) is 1.89. The molecule has 0 amide bonds. The molecule has 5 rings (SSSR count). The van der Waals surface area contributed by atoms with Gasteiger partial charge in [0.2, 0.25) is 5.28 Å². The van der Waals surface area contributed by atoms with Crippen molar-refractivity contribution in [2.45, 2.75) is 6.54 Å². The molecule has 0 aliphatic rings. The van der Waals surface area contributed by atoms with Crippen LogP contribution in [0.4, 0.5) is 4.39 Å². The number of fused-ring (bicyclic) bond motifs is 2. The van der Waals surface area contributed by atoms with Crippen molar-refractivity contribution in [3.63, 3.8) is 0 Å². The second-order valence-corrected chi connectivity index (χ2v) is 6.86. The quantitative estimate of drug-likeness (QED) is 0.431. The summed E-state index contributed by atoms with van der Waals surface area (Å²) in [6.07, 6.45) is 3.37. The fraction of sp³-hybridized carbons (Fsp3) is 0.100. The summed E-state index contributed by atoms with van der Waals surface area (Å²) >= 11 is 5.90. The topological polar surface area (TPSA) is 61.4 Å². The largest absolute Gasteiger partial charge is 0.327 e. The van der Waals surface area contributed by atoms with E-state index in [9.17, 15) is 4.39 Å². The smallest absolute Gasteiger partial charge is 0.224 e. The van der Waals surface area contributed by atoms with Gasteiger partial charge in [0.25, 0.3) is 0 Å². The Hall–Kier alpha value is -3.32. The molecule has 0 aliphatic heterocycles. The molecule has 138 valence electrons. The first-order valence-corrected chi connectivity index (χ1v) is 9.02. The Bertz CT molecular complexity index is 1320. The van der Waals surface area contributed by atoms with Crippen LogP contribution in [-0.4, -0.2) is 29.3 Å². The summed E-state index contributed by atoms with van der Waals surface area (Å²) in [6, 6.07) is 12.9. The molecule has 28 heavy (non-hydrogen) atoms. The van der Waals surface area contributed by atoms with Gasteiger partial charge in [0.05, 0.1) is 23.6 Å². The molecule has 0 unspecified atom stereocenters. The average molecular weight is 393 g/mol. The lowest BCUT2D eigenvalue weighted by Gasteiger charge is -2.06. The zero-order valence-corrected chi connectivity index (χ0v) is 15.6. The van der Waals surface area contributed by atoms with Crippen LogP contribution in [0.5, 0.6) is 0 Å². The van der Waals surface area contributed by atoms with Crippen LogP contribution in [0.25, 0.3) is 33.5 Å². The van der Waals surface area contributed by atoms with E-state index in [4.69, 9.17) is 11.6 Å². The molecule has 3 aromatic heterocycles. The van der Waals surface area contributed by atoms with Crippen molar-refractivity contribution in [3.05, 3.63) is 71.5 Å². The molecule has 0 atom stereocenters. The van der Waals surface area contributed by atoms with E-state index < -0.39 is 0 Å². The highest BCUT2D eigenvalue weighted by atomic mass is 35.5. The predicted octanol–water partition coefficient (Wildman–Crippen LogP) is 4.22. The highest BCUT2D eigenvalue weighted by Crippen LogP contribution is 2.25. The SMILES string of the molecule is Cn1c(-c2ccc(Cn3ncc4cnc(Cl)nc43)cc2)nc2c(F)cccc21. The average Bonchev–Trinajstić information content (AvgIpc) is 3.25. The maximum Gasteiger partial charge on any atom is 0.224 e. The number of halogens is 2. The number of imidazole rings is 1. The third-order valence-electron chi connectivity index (χ3n) is 4.75. The van der Waals surface area contributed by atoms with Crippen molar-refractivity contribution < 1.29 is 4.39 Å². The van der Waals surface area contributed by atoms with E-state index in [0.29, 0.717) is 17.7 Å². The van der Waals surface area contributed by atoms with Gasteiger partial charge in [-0.05, 0) is 29.3 Å². The minimum absolute atomic E-state index is 0.193. The van der Waals surface area contributed by atoms with Crippen LogP contribution in [0.1, 0.15) is 5.56 Å². The Morgan fingerprint density at radius 1 is 1.04 bits per heavy atom. The van der Waals surface area contributed by atoms with Gasteiger partial charge in [-0.2, -0.15) is 10.1 Å². The van der Waals surface area contributed by atoms with Gasteiger partial charge in [0, 0.05) is 18.8 Å². The van der Waals surface area contributed by atoms with Gasteiger partial charge in [-0.3, -0.25) is 0 Å². The summed E-state index contributed by atoms with van der Waals surface area (Å²) in [6.45, 7) is 0.550. The second kappa shape index (κ2) is 6.38. The van der Waals surface area contributed by atoms with Gasteiger partial charge in [-0.15, -0.1) is 0 Å². The Morgan fingerprint density at radius 3 is 2.64 bits per heavy atom. The van der Waals surface area contributed by atoms with Gasteiger partial charge >= 0.3 is 0 Å². The van der Waals surface area contributed by atoms with Crippen LogP contribution in [0, 0.1) is 5.82 Å². The van der Waals surface area contributed by atoms with E-state index in [1.807, 2.05) is 41.9 Å². The van der Waals surface area contributed by atoms with Gasteiger partial charge in [-0.1, -0.05) is 30.3 Å². The summed E-state index contributed by atoms with van der Waals surface area (Å²) in [5, 5.41) is 5.39. The van der Waals surface area contributed by atoms with Gasteiger partial charge in [0.1, 0.15) is 11.3 Å². The van der Waals surface area contributed by atoms with Crippen LogP contribution < -0.4 is 0 Å². The van der Waals surface area contributed by atoms with Crippen LogP contribution in [0.3, 0.4) is 0 Å². The van der Waals surface area contributed by atoms with Crippen molar-refractivity contribution in [3.8, 4) is 11.4 Å². The number of para-hydroxylation sites is 1. The van der Waals surface area contributed by atoms with Crippen LogP contribution in [-0.2, 0) is 13.6 Å². The summed E-state index contributed by atoms with van der Waals surface area (Å²) in [5.74, 6) is 0.401. The molecular weight excluding hydrogens is 379 g/mol. The van der Waals surface area contributed by atoms with Gasteiger partial charge in [-0.25, -0.2) is 19.0 Å². The van der Waals surface area contributed by atoms with Crippen LogP contribution in [0.15, 0.2) is 54.9 Å². The highest BCUT2D eigenvalue weighted by molar-refractivity contribution is 6.28. The monoisotopic (exact) mass is 392 g/mol. The van der Waals surface area contributed by atoms with Gasteiger partial charge < -0.3 is 4.57 Å². The number of aromatic nitrogens is 6. The van der Waals surface area contributed by atoms with Crippen LogP contribution >= 0.6 is 11.6 Å². The zero-order valence-electron chi connectivity index (χ0n) is 14.8. The molecule has 0 radical (unpaired) electrons. The molecule has 0 N–H and O–H groups in total. The third kappa shape index (κ3) is 2.71. The number of aryl methyl sites for hydroxylation is 1. The normalized spacial score (nSPS) is 11.5. The molecule has 2 aromatic carbocycles. The van der Waals surface area contributed by atoms with Crippen LogP contribution in [0.2, 0.25) is 5.28 Å². The fourth-order valence-electron chi connectivity index (χ4n) is 3.33. The molecule has 0 saturated heterocycles. The lowest BCUT2D eigenvalue weighted by molar-refractivity contribution is 0.637. The maximum atomic E-state index is 14.0. The van der Waals surface area contributed by atoms with Crippen molar-refractivity contribution in [2.24, 2.45) is 7.05 Å². The Labute approximate surface area is 164 Å². The maximum absolute atomic E-state index is 14.0. The zero-order chi connectivity index (χ0) is 19.3. The number of nitrogens with zero attached hydrogens (tertiary/aromatic N) is 6. The molecule has 6 nitrogen and oxygen atoms in total. The standard InChI is InChI=1S/C20H14ClFN6/c1-27-16-4-2-3-15(22)17(16)25-18(27)13-7-5-12(6-8-13)11-28-19-14(10-24-28)9-23-20(21)26-19/h2-10H,11H2,1H3. The summed E-state index contributed by atoms with van der Waals surface area (Å²) < 4.78 is 17.7. The Kier molecular flexibility index (Phi) is 3.84. The molecule has 0 saturated carbocycles. The van der Waals surface area contributed by atoms with E-state index in [1.165, 1.54) is 6.07 Å². The second-order valence-electron chi connectivity index (χ2n) is 6.52. The van der Waals surface area contributed by atoms with E-state index in [2.05, 4.69) is 20.1 Å². The van der Waals surface area contributed by atoms with E-state index >= 15 is 0 Å². The number of hydrogen-bond acceptors (Lipinski definition) is 4. The summed E-state index contributed by atoms with van der Waals surface area (Å²) in [5.41, 5.74) is 3.79. The molecule has 8 heteroatoms. The minimum atomic E-state index is -0.317. The molecule has 0 bridgehead atoms. The molecule has 0 aliphatic carbocycles. The minimum Gasteiger partial charge on any atom is -0.327 e. The van der Waals surface area contributed by atoms with Crippen molar-refractivity contribution >= 4 is 33.7 Å². The first-order chi connectivity index (χ1) is 13.6. The number of hydrogen-bond donors (Lipinski definition) is 0. The van der Waals surface area contributed by atoms with Crippen molar-refractivity contribution in [1.29, 1.82) is 0 Å². The third-order valence-corrected chi connectivity index (χ3v) is 4.94. The van der Waals surface area contributed by atoms with Crippen molar-refractivity contribution in [1.82, 2.24) is 29.3 Å². The first kappa shape index (κ1) is 16.8. The number of benzene rings is 2. The molecule has 0 spiro atoms. The first-order valence-electron chi connectivity index (χ1n) is 8.64. The molecular formula is C20H14ClFN6. The Balaban J connectivity index is 1.48. The summed E-state index contributed by atoms with van der Waals surface area (Å²) in [4.78, 5) is 12.7. The van der Waals surface area contributed by atoms with E-state index in [0.717, 1.165) is 27.9 Å². The number of rotatable bonds is 3. The van der Waals surface area contributed by atoms with Crippen molar-refractivity contribution in [2.75, 3.05) is 0 Å². The lowest BCUT2D eigenvalue weighted by Crippen LogP contribution is -2.03. The van der Waals surface area contributed by atoms with E-state index in [1.54, 1.807) is 23.1 Å². The van der Waals surface area contributed by atoms with Gasteiger partial charge in [0.15, 0.2) is 11.5 Å². The lowest BCUT2D eigenvalue weighted by atomic mass is 10.1. The highest BCUT2D eigenvalue weighted by Gasteiger charge is 2.13.